The van der Waals surface area contributed by atoms with Gasteiger partial charge in [0.1, 0.15) is 0 Å². The van der Waals surface area contributed by atoms with Crippen molar-refractivity contribution in [2.45, 2.75) is 19.6 Å². The van der Waals surface area contributed by atoms with E-state index in [1.165, 1.54) is 36.4 Å². The summed E-state index contributed by atoms with van der Waals surface area (Å²) in [7, 11) is -13.5. The molecule has 0 saturated heterocycles. The van der Waals surface area contributed by atoms with Gasteiger partial charge in [-0.25, -0.2) is 5.26 Å². The smallest absolute Gasteiger partial charge is 0.294 e. The first kappa shape index (κ1) is 42.7. The molecular formula is C44H32N4O12S4. The van der Waals surface area contributed by atoms with Crippen molar-refractivity contribution in [2.24, 2.45) is 0 Å². The summed E-state index contributed by atoms with van der Waals surface area (Å²) in [4.78, 5) is 13.9. The van der Waals surface area contributed by atoms with E-state index in [-0.39, 0.29) is 14.7 Å². The summed E-state index contributed by atoms with van der Waals surface area (Å²) in [6, 6.07) is 39.2. The van der Waals surface area contributed by atoms with Crippen LogP contribution in [0.4, 0.5) is 0 Å². The lowest BCUT2D eigenvalue weighted by Gasteiger charge is -2.10. The molecule has 0 unspecified atom stereocenters. The van der Waals surface area contributed by atoms with Gasteiger partial charge in [0, 0.05) is 71.4 Å². The molecule has 0 fully saturated rings. The Labute approximate surface area is 367 Å². The van der Waals surface area contributed by atoms with Crippen LogP contribution >= 0.6 is 12.0 Å². The van der Waals surface area contributed by atoms with Crippen LogP contribution in [0.15, 0.2) is 165 Å². The molecule has 324 valence electrons. The van der Waals surface area contributed by atoms with Gasteiger partial charge >= 0.3 is 0 Å². The van der Waals surface area contributed by atoms with Crippen LogP contribution in [0.1, 0.15) is 45.0 Å². The molecule has 4 aromatic carbocycles. The fourth-order valence-electron chi connectivity index (χ4n) is 7.68. The Balaban J connectivity index is 1.38. The van der Waals surface area contributed by atoms with Gasteiger partial charge in [-0.2, -0.15) is 25.3 Å². The number of hydrogen-bond donors (Lipinski definition) is 8. The second-order valence-electron chi connectivity index (χ2n) is 14.4. The molecular weight excluding hydrogens is 905 g/mol. The van der Waals surface area contributed by atoms with E-state index >= 15 is 0 Å². The molecule has 9 rings (SSSR count). The van der Waals surface area contributed by atoms with Crippen molar-refractivity contribution in [3.05, 3.63) is 212 Å². The Morgan fingerprint density at radius 3 is 0.875 bits per heavy atom. The minimum Gasteiger partial charge on any atom is -0.354 e. The van der Waals surface area contributed by atoms with E-state index in [1.807, 2.05) is 60.7 Å². The zero-order chi connectivity index (χ0) is 45.0. The molecule has 0 saturated carbocycles. The Morgan fingerprint density at radius 1 is 0.359 bits per heavy atom. The van der Waals surface area contributed by atoms with E-state index in [1.54, 1.807) is 48.5 Å². The van der Waals surface area contributed by atoms with Crippen molar-refractivity contribution in [3.8, 4) is 0 Å². The van der Waals surface area contributed by atoms with Gasteiger partial charge in [0.05, 0.1) is 26.7 Å². The standard InChI is InChI=1S/C44H32N4O12S4/c49-59-60-61-29-9-1-25(2-10-29)41-33-17-19-35(45-33)42(26-3-11-30(12-4-26)62(50,51)52)37-21-23-39(47-37)44(28-7-15-32(16-8-28)64(56,57)58)40-24-22-38(48-40)43(36-20-18-34(41)46-36)27-5-13-31(14-6-27)63(53,54)55/h1-24,45-49H,(H,50,51,52)(H,53,54,55)(H,56,57,58). The van der Waals surface area contributed by atoms with Crippen LogP contribution in [-0.2, 0) is 39.7 Å². The number of rotatable bonds is 10. The molecule has 0 atom stereocenters. The van der Waals surface area contributed by atoms with Gasteiger partial charge in [0.15, 0.2) is 0 Å². The van der Waals surface area contributed by atoms with Gasteiger partial charge in [0.2, 0.25) is 0 Å². The Morgan fingerprint density at radius 2 is 0.625 bits per heavy atom. The largest absolute Gasteiger partial charge is 0.354 e. The Kier molecular flexibility index (Phi) is 11.0. The number of hydrogen-bond acceptors (Lipinski definition) is 10. The van der Waals surface area contributed by atoms with Gasteiger partial charge in [-0.05, 0) is 119 Å². The minimum absolute atomic E-state index is 0.294. The summed E-state index contributed by atoms with van der Waals surface area (Å²) in [6.45, 7) is 0. The number of nitrogens with one attached hydrogen (secondary N) is 4. The van der Waals surface area contributed by atoms with E-state index in [4.69, 9.17) is 5.26 Å². The van der Waals surface area contributed by atoms with E-state index in [0.29, 0.717) is 88.1 Å². The van der Waals surface area contributed by atoms with Gasteiger partial charge in [-0.3, -0.25) is 13.7 Å². The zero-order valence-corrected chi connectivity index (χ0v) is 35.8. The van der Waals surface area contributed by atoms with Crippen LogP contribution in [0, 0.1) is 0 Å². The van der Waals surface area contributed by atoms with Crippen molar-refractivity contribution in [1.82, 2.24) is 19.9 Å². The molecule has 5 heterocycles. The zero-order valence-electron chi connectivity index (χ0n) is 32.5. The normalized spacial score (nSPS) is 13.4. The number of H-pyrrole nitrogens is 4. The molecule has 4 aromatic heterocycles. The summed E-state index contributed by atoms with van der Waals surface area (Å²) in [5, 5.41) is 14.9. The SMILES string of the molecule is O=S(=O)(O)c1ccc(C2=c3ccc([nH]3)=C(c3ccc(SOOO)cc3)c3ccc([nH]3)C(c3ccc(S(=O)(=O)O)cc3)=c3ccc([nH]3)=C(c3ccc(S(=O)(=O)O)cc3)c3ccc2[nH]3)cc1. The van der Waals surface area contributed by atoms with Crippen LogP contribution in [0.25, 0.3) is 22.3 Å². The molecule has 1 aliphatic heterocycles. The minimum atomic E-state index is -4.52. The maximum Gasteiger partial charge on any atom is 0.294 e. The molecule has 64 heavy (non-hydrogen) atoms. The summed E-state index contributed by atoms with van der Waals surface area (Å²) in [6.07, 6.45) is 0. The summed E-state index contributed by atoms with van der Waals surface area (Å²) in [5.41, 5.74) is 7.38. The van der Waals surface area contributed by atoms with Gasteiger partial charge in [0.25, 0.3) is 30.4 Å². The van der Waals surface area contributed by atoms with Crippen molar-refractivity contribution in [1.29, 1.82) is 0 Å². The van der Waals surface area contributed by atoms with Crippen LogP contribution in [-0.4, -0.2) is 64.1 Å². The number of benzene rings is 4. The molecule has 20 heteroatoms. The van der Waals surface area contributed by atoms with Crippen LogP contribution in [0.5, 0.6) is 0 Å². The fourth-order valence-corrected chi connectivity index (χ4v) is 9.48. The number of aromatic amines is 4. The summed E-state index contributed by atoms with van der Waals surface area (Å²) >= 11 is 0.798. The molecule has 0 amide bonds. The predicted octanol–water partition coefficient (Wildman–Crippen LogP) is 4.47. The maximum absolute atomic E-state index is 12.1. The van der Waals surface area contributed by atoms with Gasteiger partial charge in [-0.15, -0.1) is 4.33 Å². The van der Waals surface area contributed by atoms with E-state index in [0.717, 1.165) is 17.6 Å². The lowest BCUT2D eigenvalue weighted by molar-refractivity contribution is -0.432. The highest BCUT2D eigenvalue weighted by Gasteiger charge is 2.21. The van der Waals surface area contributed by atoms with Crippen molar-refractivity contribution in [2.75, 3.05) is 0 Å². The Bertz CT molecular complexity index is 3710. The van der Waals surface area contributed by atoms with Crippen molar-refractivity contribution >= 4 is 64.7 Å². The van der Waals surface area contributed by atoms with E-state index < -0.39 is 30.4 Å². The quantitative estimate of drug-likeness (QED) is 0.0408. The predicted molar refractivity (Wildman–Crippen MR) is 234 cm³/mol. The molecule has 8 aromatic rings. The summed E-state index contributed by atoms with van der Waals surface area (Å²) in [5.74, 6) is 0. The lowest BCUT2D eigenvalue weighted by Crippen LogP contribution is -2.19. The second kappa shape index (κ2) is 16.5. The van der Waals surface area contributed by atoms with Crippen molar-refractivity contribution < 1.29 is 53.5 Å². The topological polar surface area (TPSA) is 265 Å². The van der Waals surface area contributed by atoms with Crippen LogP contribution in [0.3, 0.4) is 0 Å². The van der Waals surface area contributed by atoms with E-state index in [2.05, 4.69) is 29.3 Å². The molecule has 0 radical (unpaired) electrons. The third-order valence-electron chi connectivity index (χ3n) is 10.5. The average molecular weight is 937 g/mol. The van der Waals surface area contributed by atoms with Crippen LogP contribution < -0.4 is 21.4 Å². The molecule has 0 spiro atoms. The number of aromatic nitrogens is 4. The summed E-state index contributed by atoms with van der Waals surface area (Å²) < 4.78 is 106. The van der Waals surface area contributed by atoms with Gasteiger partial charge < -0.3 is 19.9 Å². The lowest BCUT2D eigenvalue weighted by atomic mass is 10.0. The fraction of sp³-hybridized carbons (Fsp3) is 0. The van der Waals surface area contributed by atoms with Crippen LogP contribution in [0.2, 0.25) is 0 Å². The molecule has 1 aliphatic rings. The molecule has 0 aliphatic carbocycles. The molecule has 8 bridgehead atoms. The second-order valence-corrected chi connectivity index (χ2v) is 19.4. The highest BCUT2D eigenvalue weighted by molar-refractivity contribution is 7.94. The third-order valence-corrected chi connectivity index (χ3v) is 13.7. The first-order chi connectivity index (χ1) is 30.5. The monoisotopic (exact) mass is 936 g/mol. The number of fused-ring (bicyclic) bond motifs is 8. The first-order valence-electron chi connectivity index (χ1n) is 18.8. The van der Waals surface area contributed by atoms with Gasteiger partial charge in [-0.1, -0.05) is 53.6 Å². The molecule has 16 nitrogen and oxygen atoms in total. The third kappa shape index (κ3) is 8.45. The Hall–Kier alpha value is -6.56. The molecule has 8 N–H and O–H groups in total. The highest BCUT2D eigenvalue weighted by Crippen LogP contribution is 2.30. The van der Waals surface area contributed by atoms with Crippen molar-refractivity contribution in [3.63, 3.8) is 0 Å². The van der Waals surface area contributed by atoms with E-state index in [9.17, 15) is 38.9 Å². The average Bonchev–Trinajstić information content (AvgIpc) is 4.11. The highest BCUT2D eigenvalue weighted by atomic mass is 32.2. The maximum atomic E-state index is 12.1. The first-order valence-corrected chi connectivity index (χ1v) is 23.9.